The quantitative estimate of drug-likeness (QED) is 0.589. The molecule has 0 saturated carbocycles. The summed E-state index contributed by atoms with van der Waals surface area (Å²) in [5, 5.41) is 21.6. The number of halogens is 2. The minimum atomic E-state index is -0.684. The van der Waals surface area contributed by atoms with Crippen molar-refractivity contribution in [2.45, 2.75) is 38.9 Å². The van der Waals surface area contributed by atoms with Crippen LogP contribution >= 0.6 is 23.2 Å². The number of nitrogens with zero attached hydrogens (tertiary/aromatic N) is 3. The molecule has 1 aromatic carbocycles. The van der Waals surface area contributed by atoms with Gasteiger partial charge in [-0.3, -0.25) is 14.5 Å². The first-order valence-corrected chi connectivity index (χ1v) is 12.1. The Morgan fingerprint density at radius 1 is 1.18 bits per heavy atom. The number of rotatable bonds is 6. The zero-order valence-corrected chi connectivity index (χ0v) is 20.7. The number of carbonyl (C=O) groups excluding carboxylic acids is 2. The Hall–Kier alpha value is -1.64. The predicted octanol–water partition coefficient (Wildman–Crippen LogP) is 2.52. The second-order valence-corrected chi connectivity index (χ2v) is 10.4. The third-order valence-electron chi connectivity index (χ3n) is 6.41. The molecule has 0 spiro atoms. The van der Waals surface area contributed by atoms with Crippen LogP contribution in [0.3, 0.4) is 0 Å². The largest absolute Gasteiger partial charge is 0.392 e. The highest BCUT2D eigenvalue weighted by molar-refractivity contribution is 6.42. The maximum Gasteiger partial charge on any atom is 0.246 e. The van der Waals surface area contributed by atoms with Crippen molar-refractivity contribution < 1.29 is 19.8 Å². The van der Waals surface area contributed by atoms with E-state index in [9.17, 15) is 19.8 Å². The Morgan fingerprint density at radius 2 is 1.94 bits per heavy atom. The van der Waals surface area contributed by atoms with Crippen LogP contribution in [0.25, 0.3) is 6.08 Å². The van der Waals surface area contributed by atoms with Crippen molar-refractivity contribution in [3.8, 4) is 0 Å². The van der Waals surface area contributed by atoms with Gasteiger partial charge in [0.2, 0.25) is 11.8 Å². The van der Waals surface area contributed by atoms with Crippen molar-refractivity contribution >= 4 is 41.1 Å². The van der Waals surface area contributed by atoms with Crippen molar-refractivity contribution in [2.24, 2.45) is 5.41 Å². The van der Waals surface area contributed by atoms with Gasteiger partial charge in [-0.2, -0.15) is 0 Å². The Bertz CT molecular complexity index is 892. The van der Waals surface area contributed by atoms with Gasteiger partial charge in [-0.05, 0) is 30.2 Å². The monoisotopic (exact) mass is 497 g/mol. The van der Waals surface area contributed by atoms with Gasteiger partial charge in [0.1, 0.15) is 0 Å². The molecule has 2 heterocycles. The van der Waals surface area contributed by atoms with Crippen LogP contribution in [-0.2, 0) is 9.59 Å². The molecule has 0 aromatic heterocycles. The lowest BCUT2D eigenvalue weighted by molar-refractivity contribution is -0.132. The Labute approximate surface area is 205 Å². The Kier molecular flexibility index (Phi) is 8.81. The van der Waals surface area contributed by atoms with Crippen LogP contribution < -0.4 is 0 Å². The number of β-amino-alcohol motifs (C(OH)–C–C–N with tert-alkyl or cyclic N) is 1. The molecule has 2 saturated heterocycles. The van der Waals surface area contributed by atoms with Gasteiger partial charge in [-0.15, -0.1) is 0 Å². The van der Waals surface area contributed by atoms with Gasteiger partial charge in [0.25, 0.3) is 0 Å². The van der Waals surface area contributed by atoms with E-state index in [0.29, 0.717) is 49.2 Å². The molecule has 2 aliphatic rings. The first-order valence-electron chi connectivity index (χ1n) is 11.3. The fourth-order valence-electron chi connectivity index (χ4n) is 4.39. The van der Waals surface area contributed by atoms with Crippen molar-refractivity contribution in [2.75, 3.05) is 45.8 Å². The van der Waals surface area contributed by atoms with Crippen LogP contribution in [0.2, 0.25) is 10.0 Å². The average molecular weight is 498 g/mol. The van der Waals surface area contributed by atoms with Gasteiger partial charge in [0.15, 0.2) is 0 Å². The summed E-state index contributed by atoms with van der Waals surface area (Å²) in [7, 11) is 0. The standard InChI is InChI=1S/C24H33Cl2N3O4/c1-24(2)16-27(9-7-21(24)31)14-18(30)15-29-12-11-28(10-8-23(29)33)22(32)6-4-17-3-5-19(25)20(26)13-17/h3-6,13,18,21,30-31H,7-12,14-16H2,1-2H3. The first-order chi connectivity index (χ1) is 15.5. The molecule has 7 nitrogen and oxygen atoms in total. The van der Waals surface area contributed by atoms with Gasteiger partial charge in [-0.1, -0.05) is 43.1 Å². The van der Waals surface area contributed by atoms with Crippen LogP contribution in [0, 0.1) is 5.41 Å². The smallest absolute Gasteiger partial charge is 0.246 e. The maximum absolute atomic E-state index is 12.6. The normalized spacial score (nSPS) is 23.1. The van der Waals surface area contributed by atoms with Gasteiger partial charge in [0, 0.05) is 63.7 Å². The summed E-state index contributed by atoms with van der Waals surface area (Å²) in [6.45, 7) is 7.29. The van der Waals surface area contributed by atoms with Gasteiger partial charge >= 0.3 is 0 Å². The second-order valence-electron chi connectivity index (χ2n) is 9.60. The van der Waals surface area contributed by atoms with E-state index in [1.165, 1.54) is 6.08 Å². The zero-order chi connectivity index (χ0) is 24.2. The van der Waals surface area contributed by atoms with Crippen LogP contribution in [0.5, 0.6) is 0 Å². The molecule has 2 amide bonds. The molecule has 2 fully saturated rings. The molecular formula is C24H33Cl2N3O4. The number of hydrogen-bond donors (Lipinski definition) is 2. The van der Waals surface area contributed by atoms with Crippen molar-refractivity contribution in [3.05, 3.63) is 39.9 Å². The van der Waals surface area contributed by atoms with E-state index < -0.39 is 6.10 Å². The molecule has 2 atom stereocenters. The number of hydrogen-bond acceptors (Lipinski definition) is 5. The molecule has 0 bridgehead atoms. The summed E-state index contributed by atoms with van der Waals surface area (Å²) in [4.78, 5) is 30.7. The zero-order valence-electron chi connectivity index (χ0n) is 19.2. The van der Waals surface area contributed by atoms with Gasteiger partial charge in [0.05, 0.1) is 22.3 Å². The minimum Gasteiger partial charge on any atom is -0.392 e. The third kappa shape index (κ3) is 7.17. The van der Waals surface area contributed by atoms with Crippen LogP contribution in [0.1, 0.15) is 32.3 Å². The van der Waals surface area contributed by atoms with E-state index in [2.05, 4.69) is 4.90 Å². The number of aliphatic hydroxyl groups is 2. The highest BCUT2D eigenvalue weighted by atomic mass is 35.5. The Morgan fingerprint density at radius 3 is 2.64 bits per heavy atom. The van der Waals surface area contributed by atoms with E-state index in [1.54, 1.807) is 34.1 Å². The van der Waals surface area contributed by atoms with Crippen LogP contribution in [0.4, 0.5) is 0 Å². The number of carbonyl (C=O) groups is 2. The molecule has 3 rings (SSSR count). The van der Waals surface area contributed by atoms with E-state index >= 15 is 0 Å². The summed E-state index contributed by atoms with van der Waals surface area (Å²) in [5.74, 6) is -0.238. The number of aliphatic hydroxyl groups excluding tert-OH is 2. The summed E-state index contributed by atoms with van der Waals surface area (Å²) in [5.41, 5.74) is 0.545. The molecule has 9 heteroatoms. The summed E-state index contributed by atoms with van der Waals surface area (Å²) < 4.78 is 0. The number of likely N-dealkylation sites (tertiary alicyclic amines) is 1. The fourth-order valence-corrected chi connectivity index (χ4v) is 4.70. The molecule has 0 radical (unpaired) electrons. The molecule has 0 aliphatic carbocycles. The minimum absolute atomic E-state index is 0.0628. The molecule has 33 heavy (non-hydrogen) atoms. The SMILES string of the molecule is CC1(C)CN(CC(O)CN2CCN(C(=O)C=Cc3ccc(Cl)c(Cl)c3)CCC2=O)CCC1O. The van der Waals surface area contributed by atoms with Crippen molar-refractivity contribution in [1.82, 2.24) is 14.7 Å². The number of benzene rings is 1. The van der Waals surface area contributed by atoms with E-state index in [4.69, 9.17) is 23.2 Å². The fraction of sp³-hybridized carbons (Fsp3) is 0.583. The second kappa shape index (κ2) is 11.2. The topological polar surface area (TPSA) is 84.3 Å². The van der Waals surface area contributed by atoms with Gasteiger partial charge in [-0.25, -0.2) is 0 Å². The van der Waals surface area contributed by atoms with E-state index in [0.717, 1.165) is 12.1 Å². The van der Waals surface area contributed by atoms with E-state index in [1.807, 2.05) is 13.8 Å². The van der Waals surface area contributed by atoms with Crippen LogP contribution in [-0.4, -0.2) is 94.7 Å². The third-order valence-corrected chi connectivity index (χ3v) is 7.15. The summed E-state index contributed by atoms with van der Waals surface area (Å²) in [6, 6.07) is 5.14. The lowest BCUT2D eigenvalue weighted by Crippen LogP contribution is -2.52. The van der Waals surface area contributed by atoms with Crippen LogP contribution in [0.15, 0.2) is 24.3 Å². The van der Waals surface area contributed by atoms with E-state index in [-0.39, 0.29) is 36.3 Å². The first kappa shape index (κ1) is 26.0. The molecule has 2 aliphatic heterocycles. The summed E-state index contributed by atoms with van der Waals surface area (Å²) in [6.07, 6.45) is 3.03. The molecule has 2 N–H and O–H groups in total. The highest BCUT2D eigenvalue weighted by Crippen LogP contribution is 2.29. The predicted molar refractivity (Wildman–Crippen MR) is 130 cm³/mol. The molecular weight excluding hydrogens is 465 g/mol. The van der Waals surface area contributed by atoms with Gasteiger partial charge < -0.3 is 20.0 Å². The molecule has 182 valence electrons. The maximum atomic E-state index is 12.6. The van der Waals surface area contributed by atoms with Crippen molar-refractivity contribution in [1.29, 1.82) is 0 Å². The number of amides is 2. The highest BCUT2D eigenvalue weighted by Gasteiger charge is 2.35. The lowest BCUT2D eigenvalue weighted by atomic mass is 9.81. The molecule has 1 aromatic rings. The average Bonchev–Trinajstić information content (AvgIpc) is 2.93. The summed E-state index contributed by atoms with van der Waals surface area (Å²) >= 11 is 11.9. The Balaban J connectivity index is 1.51. The lowest BCUT2D eigenvalue weighted by Gasteiger charge is -2.42. The number of piperidine rings is 1. The molecule has 2 unspecified atom stereocenters. The van der Waals surface area contributed by atoms with Crippen molar-refractivity contribution in [3.63, 3.8) is 0 Å².